The number of morpholine rings is 1. The van der Waals surface area contributed by atoms with Crippen molar-refractivity contribution in [2.45, 2.75) is 18.9 Å². The molecule has 5 rings (SSSR count). The number of hydrogen-bond acceptors (Lipinski definition) is 5. The minimum absolute atomic E-state index is 0.0473. The Hall–Kier alpha value is -1.18. The Kier molecular flexibility index (Phi) is 3.80. The van der Waals surface area contributed by atoms with Gasteiger partial charge in [-0.2, -0.15) is 0 Å². The van der Waals surface area contributed by atoms with Crippen molar-refractivity contribution >= 4 is 11.8 Å². The average Bonchev–Trinajstić information content (AvgIpc) is 3.02. The molecule has 0 spiro atoms. The van der Waals surface area contributed by atoms with Crippen molar-refractivity contribution in [1.82, 2.24) is 9.80 Å². The zero-order valence-corrected chi connectivity index (χ0v) is 14.5. The van der Waals surface area contributed by atoms with Crippen molar-refractivity contribution in [3.05, 3.63) is 0 Å². The Morgan fingerprint density at radius 1 is 0.920 bits per heavy atom. The van der Waals surface area contributed by atoms with E-state index in [1.807, 2.05) is 9.80 Å². The molecule has 25 heavy (non-hydrogen) atoms. The fourth-order valence-corrected chi connectivity index (χ4v) is 5.34. The summed E-state index contributed by atoms with van der Waals surface area (Å²) in [5.41, 5.74) is -0.550. The average molecular weight is 350 g/mol. The van der Waals surface area contributed by atoms with Crippen LogP contribution in [0.4, 0.5) is 0 Å². The van der Waals surface area contributed by atoms with Gasteiger partial charge in [0.05, 0.1) is 37.9 Å². The normalized spacial score (nSPS) is 42.9. The maximum Gasteiger partial charge on any atom is 0.233 e. The number of fused-ring (bicyclic) bond motifs is 2. The molecule has 0 aromatic carbocycles. The van der Waals surface area contributed by atoms with Crippen molar-refractivity contribution in [3.8, 4) is 0 Å². The van der Waals surface area contributed by atoms with Crippen LogP contribution in [-0.2, 0) is 23.8 Å². The number of amides is 2. The Bertz CT molecular complexity index is 568. The molecule has 5 atom stereocenters. The van der Waals surface area contributed by atoms with Gasteiger partial charge in [0.1, 0.15) is 0 Å². The molecule has 5 aliphatic rings. The van der Waals surface area contributed by atoms with E-state index in [-0.39, 0.29) is 23.8 Å². The number of carbonyl (C=O) groups excluding carboxylic acids is 2. The maximum absolute atomic E-state index is 13.3. The second-order valence-corrected chi connectivity index (χ2v) is 8.11. The molecule has 0 N–H and O–H groups in total. The van der Waals surface area contributed by atoms with Crippen molar-refractivity contribution in [3.63, 3.8) is 0 Å². The molecule has 0 aromatic rings. The van der Waals surface area contributed by atoms with Crippen molar-refractivity contribution in [1.29, 1.82) is 0 Å². The first-order chi connectivity index (χ1) is 12.2. The van der Waals surface area contributed by atoms with E-state index < -0.39 is 5.41 Å². The first-order valence-corrected chi connectivity index (χ1v) is 9.56. The van der Waals surface area contributed by atoms with E-state index in [0.29, 0.717) is 57.8 Å². The fraction of sp³-hybridized carbons (Fsp3) is 0.889. The maximum atomic E-state index is 13.3. The predicted molar refractivity (Wildman–Crippen MR) is 86.7 cm³/mol. The summed E-state index contributed by atoms with van der Waals surface area (Å²) in [6, 6.07) is 0. The number of hydrogen-bond donors (Lipinski definition) is 0. The lowest BCUT2D eigenvalue weighted by Gasteiger charge is -2.45. The Morgan fingerprint density at radius 2 is 1.68 bits per heavy atom. The highest BCUT2D eigenvalue weighted by atomic mass is 16.5. The highest BCUT2D eigenvalue weighted by molar-refractivity contribution is 5.87. The van der Waals surface area contributed by atoms with Crippen LogP contribution in [0, 0.1) is 23.2 Å². The fourth-order valence-electron chi connectivity index (χ4n) is 5.34. The quantitative estimate of drug-likeness (QED) is 0.687. The minimum Gasteiger partial charge on any atom is -0.381 e. The summed E-state index contributed by atoms with van der Waals surface area (Å²) in [6.07, 6.45) is 1.44. The summed E-state index contributed by atoms with van der Waals surface area (Å²) in [6.45, 7) is 5.77. The molecular weight excluding hydrogens is 324 g/mol. The van der Waals surface area contributed by atoms with Gasteiger partial charge in [0, 0.05) is 38.7 Å². The molecule has 7 heteroatoms. The lowest BCUT2D eigenvalue weighted by Crippen LogP contribution is -2.60. The molecule has 5 fully saturated rings. The molecule has 4 aliphatic heterocycles. The molecule has 0 radical (unpaired) electrons. The molecule has 1 aliphatic carbocycles. The van der Waals surface area contributed by atoms with E-state index in [4.69, 9.17) is 14.2 Å². The lowest BCUT2D eigenvalue weighted by atomic mass is 9.75. The topological polar surface area (TPSA) is 68.3 Å². The Labute approximate surface area is 147 Å². The van der Waals surface area contributed by atoms with E-state index in [9.17, 15) is 9.59 Å². The van der Waals surface area contributed by atoms with Crippen molar-refractivity contribution in [2.24, 2.45) is 23.2 Å². The third-order valence-corrected chi connectivity index (χ3v) is 6.89. The van der Waals surface area contributed by atoms with Gasteiger partial charge in [0.15, 0.2) is 0 Å². The van der Waals surface area contributed by atoms with Crippen LogP contribution >= 0.6 is 0 Å². The molecule has 2 amide bonds. The van der Waals surface area contributed by atoms with Gasteiger partial charge in [-0.15, -0.1) is 0 Å². The number of piperidine rings is 1. The van der Waals surface area contributed by atoms with Crippen LogP contribution in [0.5, 0.6) is 0 Å². The summed E-state index contributed by atoms with van der Waals surface area (Å²) in [7, 11) is 0. The van der Waals surface area contributed by atoms with Crippen LogP contribution in [0.15, 0.2) is 0 Å². The van der Waals surface area contributed by atoms with Gasteiger partial charge in [0.25, 0.3) is 0 Å². The summed E-state index contributed by atoms with van der Waals surface area (Å²) >= 11 is 0. The highest BCUT2D eigenvalue weighted by Gasteiger charge is 2.61. The van der Waals surface area contributed by atoms with Crippen LogP contribution < -0.4 is 0 Å². The molecule has 7 nitrogen and oxygen atoms in total. The van der Waals surface area contributed by atoms with Crippen LogP contribution in [-0.4, -0.2) is 86.9 Å². The Balaban J connectivity index is 1.34. The number of rotatable bonds is 2. The minimum atomic E-state index is -0.550. The van der Waals surface area contributed by atoms with Crippen molar-refractivity contribution in [2.75, 3.05) is 59.2 Å². The van der Waals surface area contributed by atoms with E-state index >= 15 is 0 Å². The van der Waals surface area contributed by atoms with Crippen molar-refractivity contribution < 1.29 is 23.8 Å². The number of carbonyl (C=O) groups is 2. The van der Waals surface area contributed by atoms with E-state index in [1.54, 1.807) is 0 Å². The molecular formula is C18H26N2O5. The summed E-state index contributed by atoms with van der Waals surface area (Å²) in [4.78, 5) is 30.2. The number of nitrogens with zero attached hydrogens (tertiary/aromatic N) is 2. The monoisotopic (exact) mass is 350 g/mol. The second kappa shape index (κ2) is 5.93. The van der Waals surface area contributed by atoms with Crippen LogP contribution in [0.2, 0.25) is 0 Å². The van der Waals surface area contributed by atoms with Gasteiger partial charge < -0.3 is 24.0 Å². The van der Waals surface area contributed by atoms with Gasteiger partial charge in [0.2, 0.25) is 11.8 Å². The highest BCUT2D eigenvalue weighted by Crippen LogP contribution is 2.52. The molecule has 138 valence electrons. The van der Waals surface area contributed by atoms with Gasteiger partial charge in [-0.1, -0.05) is 0 Å². The molecule has 0 aromatic heterocycles. The van der Waals surface area contributed by atoms with Gasteiger partial charge in [-0.25, -0.2) is 0 Å². The largest absolute Gasteiger partial charge is 0.381 e. The standard InChI is InChI=1S/C18H26N2O5/c21-16(15-12-9-24-10-13(12)15)20-3-1-14-18(11-20,2-6-25-14)17(22)19-4-7-23-8-5-19/h12-15H,1-11H2/t12-,13+,14-,15?,18-/m1/s1. The summed E-state index contributed by atoms with van der Waals surface area (Å²) < 4.78 is 16.7. The van der Waals surface area contributed by atoms with Crippen LogP contribution in [0.25, 0.3) is 0 Å². The SMILES string of the molecule is O=C(C1[C@H]2COC[C@@H]12)N1CC[C@H]2OCC[C@@]2(C(=O)N2CCOCC2)C1. The zero-order valence-electron chi connectivity index (χ0n) is 14.5. The van der Waals surface area contributed by atoms with Crippen LogP contribution in [0.1, 0.15) is 12.8 Å². The molecule has 4 heterocycles. The molecule has 0 bridgehead atoms. The second-order valence-electron chi connectivity index (χ2n) is 8.11. The molecule has 1 unspecified atom stereocenters. The van der Waals surface area contributed by atoms with E-state index in [1.165, 1.54) is 0 Å². The number of ether oxygens (including phenoxy) is 3. The number of likely N-dealkylation sites (tertiary alicyclic amines) is 1. The van der Waals surface area contributed by atoms with E-state index in [2.05, 4.69) is 0 Å². The Morgan fingerprint density at radius 3 is 2.44 bits per heavy atom. The first kappa shape index (κ1) is 16.0. The first-order valence-electron chi connectivity index (χ1n) is 9.56. The van der Waals surface area contributed by atoms with Gasteiger partial charge in [-0.3, -0.25) is 9.59 Å². The molecule has 4 saturated heterocycles. The smallest absolute Gasteiger partial charge is 0.233 e. The molecule has 1 saturated carbocycles. The summed E-state index contributed by atoms with van der Waals surface area (Å²) in [5.74, 6) is 1.35. The van der Waals surface area contributed by atoms with Crippen LogP contribution in [0.3, 0.4) is 0 Å². The van der Waals surface area contributed by atoms with Gasteiger partial charge in [-0.05, 0) is 24.7 Å². The predicted octanol–water partition coefficient (Wildman–Crippen LogP) is -0.255. The zero-order chi connectivity index (χ0) is 17.0. The third kappa shape index (κ3) is 2.43. The van der Waals surface area contributed by atoms with E-state index in [0.717, 1.165) is 26.1 Å². The summed E-state index contributed by atoms with van der Waals surface area (Å²) in [5, 5.41) is 0. The van der Waals surface area contributed by atoms with Gasteiger partial charge >= 0.3 is 0 Å². The third-order valence-electron chi connectivity index (χ3n) is 6.89. The lowest BCUT2D eigenvalue weighted by molar-refractivity contribution is -0.158.